The third-order valence-corrected chi connectivity index (χ3v) is 9.90. The van der Waals surface area contributed by atoms with Crippen molar-refractivity contribution in [2.45, 2.75) is 18.7 Å². The third-order valence-electron chi connectivity index (χ3n) is 9.90. The number of hydrogen-bond acceptors (Lipinski definition) is 1. The zero-order valence-corrected chi connectivity index (χ0v) is 21.5. The molecule has 0 N–H and O–H groups in total. The SMILES string of the molecule is C1=CC2=C(CC1)C1C(=CC=C3c4cccc5c4B(C31)n1c3ccccc3c3cccc-5c31)N2c1ccccc1. The number of rotatable bonds is 1. The molecule has 0 bridgehead atoms. The smallest absolute Gasteiger partial charge is 0.303 e. The van der Waals surface area contributed by atoms with E-state index in [1.165, 1.54) is 66.6 Å². The zero-order chi connectivity index (χ0) is 25.2. The van der Waals surface area contributed by atoms with Crippen molar-refractivity contribution in [2.24, 2.45) is 5.92 Å². The fourth-order valence-corrected chi connectivity index (χ4v) is 8.59. The van der Waals surface area contributed by atoms with Crippen molar-refractivity contribution in [2.75, 3.05) is 4.90 Å². The second-order valence-corrected chi connectivity index (χ2v) is 11.5. The molecule has 2 atom stereocenters. The van der Waals surface area contributed by atoms with E-state index in [4.69, 9.17) is 0 Å². The normalized spacial score (nSPS) is 21.6. The van der Waals surface area contributed by atoms with Crippen molar-refractivity contribution in [3.63, 3.8) is 0 Å². The molecule has 182 valence electrons. The number of nitrogens with zero attached hydrogens (tertiary/aromatic N) is 2. The van der Waals surface area contributed by atoms with Gasteiger partial charge in [-0.2, -0.15) is 0 Å². The Morgan fingerprint density at radius 1 is 0.718 bits per heavy atom. The summed E-state index contributed by atoms with van der Waals surface area (Å²) in [5, 5.41) is 2.74. The highest BCUT2D eigenvalue weighted by Crippen LogP contribution is 2.59. The number of anilines is 1. The largest absolute Gasteiger partial charge is 0.379 e. The second-order valence-electron chi connectivity index (χ2n) is 11.5. The van der Waals surface area contributed by atoms with Crippen LogP contribution in [-0.2, 0) is 0 Å². The summed E-state index contributed by atoms with van der Waals surface area (Å²) in [6, 6.07) is 34.0. The maximum absolute atomic E-state index is 2.73. The van der Waals surface area contributed by atoms with E-state index in [-0.39, 0.29) is 6.85 Å². The van der Waals surface area contributed by atoms with Crippen LogP contribution in [0.1, 0.15) is 18.4 Å². The molecule has 4 heterocycles. The van der Waals surface area contributed by atoms with Crippen LogP contribution in [0.3, 0.4) is 0 Å². The van der Waals surface area contributed by atoms with Crippen LogP contribution in [0.4, 0.5) is 5.69 Å². The van der Waals surface area contributed by atoms with Gasteiger partial charge >= 0.3 is 6.85 Å². The van der Waals surface area contributed by atoms with Crippen molar-refractivity contribution in [1.82, 2.24) is 4.48 Å². The lowest BCUT2D eigenvalue weighted by Crippen LogP contribution is -2.44. The van der Waals surface area contributed by atoms with E-state index in [0.717, 1.165) is 12.8 Å². The van der Waals surface area contributed by atoms with Crippen LogP contribution in [0.15, 0.2) is 132 Å². The molecule has 2 nitrogen and oxygen atoms in total. The summed E-state index contributed by atoms with van der Waals surface area (Å²) >= 11 is 0. The predicted octanol–water partition coefficient (Wildman–Crippen LogP) is 7.93. The van der Waals surface area contributed by atoms with Crippen molar-refractivity contribution >= 4 is 45.4 Å². The van der Waals surface area contributed by atoms with Gasteiger partial charge in [0, 0.05) is 56.2 Å². The quantitative estimate of drug-likeness (QED) is 0.214. The summed E-state index contributed by atoms with van der Waals surface area (Å²) in [7, 11) is 0. The molecule has 5 aromatic rings. The van der Waals surface area contributed by atoms with Crippen LogP contribution in [-0.4, -0.2) is 11.3 Å². The van der Waals surface area contributed by atoms with Gasteiger partial charge in [-0.1, -0.05) is 84.9 Å². The topological polar surface area (TPSA) is 8.17 Å². The second kappa shape index (κ2) is 7.12. The molecule has 39 heavy (non-hydrogen) atoms. The van der Waals surface area contributed by atoms with Crippen LogP contribution >= 0.6 is 0 Å². The van der Waals surface area contributed by atoms with Gasteiger partial charge < -0.3 is 9.38 Å². The predicted molar refractivity (Wildman–Crippen MR) is 163 cm³/mol. The fourth-order valence-electron chi connectivity index (χ4n) is 8.59. The highest BCUT2D eigenvalue weighted by molar-refractivity contribution is 6.82. The average Bonchev–Trinajstić information content (AvgIpc) is 3.63. The van der Waals surface area contributed by atoms with Gasteiger partial charge in [0.25, 0.3) is 0 Å². The minimum atomic E-state index is 0.281. The molecule has 2 aliphatic carbocycles. The molecule has 0 radical (unpaired) electrons. The Hall–Kier alpha value is -4.50. The molecule has 3 heteroatoms. The lowest BCUT2D eigenvalue weighted by Gasteiger charge is -2.35. The number of allylic oxidation sites excluding steroid dienone is 6. The zero-order valence-electron chi connectivity index (χ0n) is 21.5. The van der Waals surface area contributed by atoms with Crippen molar-refractivity contribution in [3.8, 4) is 11.1 Å². The Morgan fingerprint density at radius 3 is 2.46 bits per heavy atom. The van der Waals surface area contributed by atoms with Gasteiger partial charge in [0.2, 0.25) is 0 Å². The van der Waals surface area contributed by atoms with E-state index < -0.39 is 0 Å². The Bertz CT molecular complexity index is 2040. The van der Waals surface area contributed by atoms with Crippen LogP contribution < -0.4 is 10.4 Å². The molecule has 2 unspecified atom stereocenters. The molecular weight excluding hydrogens is 471 g/mol. The molecule has 1 aromatic heterocycles. The van der Waals surface area contributed by atoms with Gasteiger partial charge in [0.1, 0.15) is 0 Å². The van der Waals surface area contributed by atoms with Gasteiger partial charge in [0.15, 0.2) is 0 Å². The highest BCUT2D eigenvalue weighted by Gasteiger charge is 2.55. The number of aromatic nitrogens is 1. The first-order valence-corrected chi connectivity index (χ1v) is 14.2. The lowest BCUT2D eigenvalue weighted by atomic mass is 9.43. The average molecular weight is 496 g/mol. The molecule has 10 rings (SSSR count). The number of fused-ring (bicyclic) bond motifs is 11. The monoisotopic (exact) mass is 496 g/mol. The molecule has 5 aliphatic rings. The first-order chi connectivity index (χ1) is 19.4. The van der Waals surface area contributed by atoms with Crippen LogP contribution in [0.2, 0.25) is 5.82 Å². The molecule has 0 fully saturated rings. The minimum absolute atomic E-state index is 0.281. The van der Waals surface area contributed by atoms with Crippen LogP contribution in [0, 0.1) is 5.92 Å². The maximum Gasteiger partial charge on any atom is 0.303 e. The van der Waals surface area contributed by atoms with Gasteiger partial charge in [0.05, 0.1) is 0 Å². The fraction of sp³-hybridized carbons (Fsp3) is 0.111. The molecule has 4 aromatic carbocycles. The first-order valence-electron chi connectivity index (χ1n) is 14.2. The third kappa shape index (κ3) is 2.37. The Labute approximate surface area is 228 Å². The molecule has 3 aliphatic heterocycles. The number of benzene rings is 4. The summed E-state index contributed by atoms with van der Waals surface area (Å²) in [5.74, 6) is 0.746. The molecule has 0 amide bonds. The summed E-state index contributed by atoms with van der Waals surface area (Å²) in [4.78, 5) is 2.55. The molecule has 0 saturated carbocycles. The summed E-state index contributed by atoms with van der Waals surface area (Å²) in [6.45, 7) is 0.281. The van der Waals surface area contributed by atoms with Crippen LogP contribution in [0.5, 0.6) is 0 Å². The van der Waals surface area contributed by atoms with E-state index in [1.54, 1.807) is 5.57 Å². The Kier molecular flexibility index (Phi) is 3.74. The minimum Gasteiger partial charge on any atom is -0.379 e. The van der Waals surface area contributed by atoms with Gasteiger partial charge in [-0.3, -0.25) is 0 Å². The van der Waals surface area contributed by atoms with Crippen molar-refractivity contribution in [3.05, 3.63) is 138 Å². The summed E-state index contributed by atoms with van der Waals surface area (Å²) in [6.07, 6.45) is 11.9. The molecule has 0 saturated heterocycles. The maximum atomic E-state index is 2.73. The number of para-hydroxylation sites is 3. The van der Waals surface area contributed by atoms with Gasteiger partial charge in [-0.25, -0.2) is 0 Å². The van der Waals surface area contributed by atoms with Crippen molar-refractivity contribution < 1.29 is 0 Å². The van der Waals surface area contributed by atoms with Gasteiger partial charge in [-0.15, -0.1) is 0 Å². The van der Waals surface area contributed by atoms with E-state index in [1.807, 2.05) is 0 Å². The van der Waals surface area contributed by atoms with Crippen LogP contribution in [0.25, 0.3) is 38.5 Å². The van der Waals surface area contributed by atoms with E-state index in [2.05, 4.69) is 125 Å². The van der Waals surface area contributed by atoms with E-state index in [9.17, 15) is 0 Å². The summed E-state index contributed by atoms with van der Waals surface area (Å²) in [5.41, 5.74) is 15.8. The Balaban J connectivity index is 1.29. The van der Waals surface area contributed by atoms with Crippen molar-refractivity contribution in [1.29, 1.82) is 0 Å². The first kappa shape index (κ1) is 20.5. The standard InChI is InChI=1S/C36H25BN2/c1-2-10-22(11-3-1)38-30-18-6-5-13-29(30)33-32(38)21-20-26-24-14-8-15-25-28-17-9-16-27-23-12-4-7-19-31(23)39(36(27)28)37(34(24)25)35(26)33/h1-4,6-12,14-21,33,35H,5,13H2. The molecular formula is C36H25BN2. The molecule has 0 spiro atoms. The lowest BCUT2D eigenvalue weighted by molar-refractivity contribution is 0.694. The van der Waals surface area contributed by atoms with Gasteiger partial charge in [-0.05, 0) is 70.9 Å². The number of hydrogen-bond donors (Lipinski definition) is 0. The highest BCUT2D eigenvalue weighted by atomic mass is 15.2. The van der Waals surface area contributed by atoms with E-state index in [0.29, 0.717) is 11.7 Å². The summed E-state index contributed by atoms with van der Waals surface area (Å²) < 4.78 is 2.73. The van der Waals surface area contributed by atoms with E-state index >= 15 is 0 Å². The Morgan fingerprint density at radius 2 is 1.51 bits per heavy atom.